The molecule has 2 rings (SSSR count). The van der Waals surface area contributed by atoms with Gasteiger partial charge in [-0.1, -0.05) is 18.2 Å². The lowest BCUT2D eigenvalue weighted by Gasteiger charge is -2.21. The number of carboxylic acid groups (broad SMARTS) is 1. The normalized spacial score (nSPS) is 12.0. The van der Waals surface area contributed by atoms with E-state index in [0.29, 0.717) is 5.56 Å². The molecule has 0 saturated heterocycles. The van der Waals surface area contributed by atoms with Gasteiger partial charge in [-0.05, 0) is 74.7 Å². The Balaban J connectivity index is 2.34. The van der Waals surface area contributed by atoms with Crippen LogP contribution in [0.1, 0.15) is 37.5 Å². The van der Waals surface area contributed by atoms with E-state index in [-0.39, 0.29) is 11.2 Å². The zero-order valence-corrected chi connectivity index (χ0v) is 15.3. The standard InChI is InChI=1S/C21H24O4/c1-14-12-16(8-11-19(14)24-5)18(20(22)23)13-15-6-9-17(10-7-15)25-21(2,3)4/h6-13H,1-5H3,(H,22,23)/b18-13-. The Bertz CT molecular complexity index is 781. The molecule has 25 heavy (non-hydrogen) atoms. The Labute approximate surface area is 148 Å². The highest BCUT2D eigenvalue weighted by molar-refractivity contribution is 6.20. The van der Waals surface area contributed by atoms with Crippen molar-refractivity contribution in [3.05, 3.63) is 59.2 Å². The second-order valence-electron chi connectivity index (χ2n) is 6.83. The van der Waals surface area contributed by atoms with E-state index in [4.69, 9.17) is 9.47 Å². The number of aryl methyl sites for hydroxylation is 1. The van der Waals surface area contributed by atoms with Crippen LogP contribution in [-0.4, -0.2) is 23.8 Å². The minimum atomic E-state index is -0.973. The molecule has 0 spiro atoms. The molecule has 0 radical (unpaired) electrons. The molecule has 2 aromatic rings. The topological polar surface area (TPSA) is 55.8 Å². The Morgan fingerprint density at radius 2 is 1.72 bits per heavy atom. The van der Waals surface area contributed by atoms with Crippen molar-refractivity contribution in [1.82, 2.24) is 0 Å². The van der Waals surface area contributed by atoms with Gasteiger partial charge in [-0.25, -0.2) is 4.79 Å². The number of ether oxygens (including phenoxy) is 2. The molecule has 0 aliphatic rings. The van der Waals surface area contributed by atoms with Gasteiger partial charge in [-0.3, -0.25) is 0 Å². The first kappa shape index (κ1) is 18.6. The molecular weight excluding hydrogens is 316 g/mol. The number of carboxylic acids is 1. The van der Waals surface area contributed by atoms with Crippen LogP contribution < -0.4 is 9.47 Å². The van der Waals surface area contributed by atoms with Crippen LogP contribution >= 0.6 is 0 Å². The second-order valence-corrected chi connectivity index (χ2v) is 6.83. The lowest BCUT2D eigenvalue weighted by molar-refractivity contribution is -0.130. The molecule has 132 valence electrons. The Morgan fingerprint density at radius 1 is 1.08 bits per heavy atom. The summed E-state index contributed by atoms with van der Waals surface area (Å²) in [5.41, 5.74) is 2.29. The van der Waals surface area contributed by atoms with Crippen LogP contribution in [0, 0.1) is 6.92 Å². The molecule has 0 heterocycles. The maximum Gasteiger partial charge on any atom is 0.336 e. The number of benzene rings is 2. The Hall–Kier alpha value is -2.75. The minimum Gasteiger partial charge on any atom is -0.496 e. The number of carbonyl (C=O) groups is 1. The van der Waals surface area contributed by atoms with Crippen LogP contribution in [0.25, 0.3) is 11.6 Å². The lowest BCUT2D eigenvalue weighted by atomic mass is 10.0. The number of hydrogen-bond donors (Lipinski definition) is 1. The molecule has 0 fully saturated rings. The lowest BCUT2D eigenvalue weighted by Crippen LogP contribution is -2.22. The highest BCUT2D eigenvalue weighted by atomic mass is 16.5. The second kappa shape index (κ2) is 7.43. The molecule has 0 aromatic heterocycles. The summed E-state index contributed by atoms with van der Waals surface area (Å²) in [6.45, 7) is 7.83. The van der Waals surface area contributed by atoms with Gasteiger partial charge >= 0.3 is 5.97 Å². The first-order valence-corrected chi connectivity index (χ1v) is 8.09. The molecular formula is C21H24O4. The van der Waals surface area contributed by atoms with E-state index in [2.05, 4.69) is 0 Å². The quantitative estimate of drug-likeness (QED) is 0.627. The van der Waals surface area contributed by atoms with Crippen molar-refractivity contribution in [3.8, 4) is 11.5 Å². The number of hydrogen-bond acceptors (Lipinski definition) is 3. The van der Waals surface area contributed by atoms with Gasteiger partial charge in [0.25, 0.3) is 0 Å². The summed E-state index contributed by atoms with van der Waals surface area (Å²) in [7, 11) is 1.59. The van der Waals surface area contributed by atoms with Crippen LogP contribution in [0.3, 0.4) is 0 Å². The SMILES string of the molecule is COc1ccc(/C(=C/c2ccc(OC(C)(C)C)cc2)C(=O)O)cc1C. The van der Waals surface area contributed by atoms with Crippen LogP contribution in [-0.2, 0) is 4.79 Å². The van der Waals surface area contributed by atoms with E-state index < -0.39 is 5.97 Å². The first-order valence-electron chi connectivity index (χ1n) is 8.09. The van der Waals surface area contributed by atoms with Crippen molar-refractivity contribution in [2.24, 2.45) is 0 Å². The summed E-state index contributed by atoms with van der Waals surface area (Å²) in [6, 6.07) is 12.7. The molecule has 0 aliphatic carbocycles. The molecule has 1 N–H and O–H groups in total. The Kier molecular flexibility index (Phi) is 5.52. The van der Waals surface area contributed by atoms with E-state index in [9.17, 15) is 9.90 Å². The van der Waals surface area contributed by atoms with Gasteiger partial charge in [0.05, 0.1) is 12.7 Å². The van der Waals surface area contributed by atoms with E-state index in [1.54, 1.807) is 25.3 Å². The van der Waals surface area contributed by atoms with Crippen molar-refractivity contribution >= 4 is 17.6 Å². The van der Waals surface area contributed by atoms with Gasteiger partial charge in [0.1, 0.15) is 17.1 Å². The van der Waals surface area contributed by atoms with Crippen LogP contribution in [0.4, 0.5) is 0 Å². The van der Waals surface area contributed by atoms with Crippen molar-refractivity contribution in [2.45, 2.75) is 33.3 Å². The summed E-state index contributed by atoms with van der Waals surface area (Å²) in [4.78, 5) is 11.7. The van der Waals surface area contributed by atoms with Crippen LogP contribution in [0.2, 0.25) is 0 Å². The third-order valence-electron chi connectivity index (χ3n) is 3.55. The van der Waals surface area contributed by atoms with Gasteiger partial charge in [-0.15, -0.1) is 0 Å². The molecule has 4 heteroatoms. The summed E-state index contributed by atoms with van der Waals surface area (Å²) in [5, 5.41) is 9.59. The fourth-order valence-corrected chi connectivity index (χ4v) is 2.47. The monoisotopic (exact) mass is 340 g/mol. The third-order valence-corrected chi connectivity index (χ3v) is 3.55. The van der Waals surface area contributed by atoms with Crippen molar-refractivity contribution in [2.75, 3.05) is 7.11 Å². The predicted molar refractivity (Wildman–Crippen MR) is 100 cm³/mol. The molecule has 0 amide bonds. The summed E-state index contributed by atoms with van der Waals surface area (Å²) in [6.07, 6.45) is 1.66. The highest BCUT2D eigenvalue weighted by Crippen LogP contribution is 2.26. The number of aliphatic carboxylic acids is 1. The third kappa shape index (κ3) is 5.11. The van der Waals surface area contributed by atoms with Gasteiger partial charge in [0.2, 0.25) is 0 Å². The van der Waals surface area contributed by atoms with E-state index in [0.717, 1.165) is 22.6 Å². The average molecular weight is 340 g/mol. The van der Waals surface area contributed by atoms with Crippen LogP contribution in [0.15, 0.2) is 42.5 Å². The zero-order chi connectivity index (χ0) is 18.6. The van der Waals surface area contributed by atoms with Crippen molar-refractivity contribution < 1.29 is 19.4 Å². The molecule has 0 unspecified atom stereocenters. The number of methoxy groups -OCH3 is 1. The summed E-state index contributed by atoms with van der Waals surface area (Å²) in [5.74, 6) is 0.513. The van der Waals surface area contributed by atoms with E-state index in [1.165, 1.54) is 0 Å². The van der Waals surface area contributed by atoms with Crippen LogP contribution in [0.5, 0.6) is 11.5 Å². The molecule has 4 nitrogen and oxygen atoms in total. The minimum absolute atomic E-state index is 0.232. The van der Waals surface area contributed by atoms with Gasteiger partial charge in [-0.2, -0.15) is 0 Å². The van der Waals surface area contributed by atoms with E-state index >= 15 is 0 Å². The highest BCUT2D eigenvalue weighted by Gasteiger charge is 2.13. The zero-order valence-electron chi connectivity index (χ0n) is 15.3. The first-order chi connectivity index (χ1) is 11.7. The number of rotatable bonds is 5. The van der Waals surface area contributed by atoms with Crippen molar-refractivity contribution in [3.63, 3.8) is 0 Å². The van der Waals surface area contributed by atoms with Gasteiger partial charge in [0.15, 0.2) is 0 Å². The molecule has 0 atom stereocenters. The molecule has 0 bridgehead atoms. The van der Waals surface area contributed by atoms with Gasteiger partial charge in [0, 0.05) is 0 Å². The fourth-order valence-electron chi connectivity index (χ4n) is 2.47. The van der Waals surface area contributed by atoms with Gasteiger partial charge < -0.3 is 14.6 Å². The fraction of sp³-hybridized carbons (Fsp3) is 0.286. The maximum atomic E-state index is 11.7. The molecule has 0 saturated carbocycles. The average Bonchev–Trinajstić information content (AvgIpc) is 2.52. The molecule has 2 aromatic carbocycles. The molecule has 0 aliphatic heterocycles. The summed E-state index contributed by atoms with van der Waals surface area (Å²) < 4.78 is 11.0. The Morgan fingerprint density at radius 3 is 2.20 bits per heavy atom. The predicted octanol–water partition coefficient (Wildman–Crippen LogP) is 4.81. The smallest absolute Gasteiger partial charge is 0.336 e. The van der Waals surface area contributed by atoms with E-state index in [1.807, 2.05) is 58.0 Å². The van der Waals surface area contributed by atoms with Crippen molar-refractivity contribution in [1.29, 1.82) is 0 Å². The largest absolute Gasteiger partial charge is 0.496 e. The maximum absolute atomic E-state index is 11.7. The summed E-state index contributed by atoms with van der Waals surface area (Å²) >= 11 is 0.